The first kappa shape index (κ1) is 13.0. The van der Waals surface area contributed by atoms with Gasteiger partial charge in [-0.25, -0.2) is 9.97 Å². The SMILES string of the molecule is CC(=O)SCCC=Cc1cnc(N)nc1Cl. The highest BCUT2D eigenvalue weighted by molar-refractivity contribution is 8.13. The third kappa shape index (κ3) is 4.63. The van der Waals surface area contributed by atoms with Crippen LogP contribution in [0.15, 0.2) is 12.3 Å². The van der Waals surface area contributed by atoms with Gasteiger partial charge in [0.25, 0.3) is 0 Å². The number of thioether (sulfide) groups is 1. The largest absolute Gasteiger partial charge is 0.368 e. The van der Waals surface area contributed by atoms with E-state index in [0.29, 0.717) is 5.15 Å². The summed E-state index contributed by atoms with van der Waals surface area (Å²) < 4.78 is 0. The summed E-state index contributed by atoms with van der Waals surface area (Å²) in [5.41, 5.74) is 6.09. The van der Waals surface area contributed by atoms with E-state index in [1.54, 1.807) is 13.1 Å². The average Bonchev–Trinajstić information content (AvgIpc) is 2.20. The lowest BCUT2D eigenvalue weighted by molar-refractivity contribution is -0.109. The minimum absolute atomic E-state index is 0.127. The number of anilines is 1. The van der Waals surface area contributed by atoms with Crippen LogP contribution in [0.4, 0.5) is 5.95 Å². The summed E-state index contributed by atoms with van der Waals surface area (Å²) in [5.74, 6) is 0.925. The first-order valence-corrected chi connectivity index (χ1v) is 6.04. The van der Waals surface area contributed by atoms with Gasteiger partial charge in [-0.1, -0.05) is 35.5 Å². The Balaban J connectivity index is 2.47. The molecule has 16 heavy (non-hydrogen) atoms. The lowest BCUT2D eigenvalue weighted by Gasteiger charge is -1.97. The van der Waals surface area contributed by atoms with E-state index in [4.69, 9.17) is 17.3 Å². The molecule has 2 N–H and O–H groups in total. The van der Waals surface area contributed by atoms with E-state index in [-0.39, 0.29) is 11.1 Å². The fourth-order valence-corrected chi connectivity index (χ4v) is 1.72. The molecule has 1 aromatic rings. The zero-order valence-electron chi connectivity index (χ0n) is 8.81. The monoisotopic (exact) mass is 257 g/mol. The van der Waals surface area contributed by atoms with Crippen LogP contribution in [0.1, 0.15) is 18.9 Å². The number of nitrogens with two attached hydrogens (primary N) is 1. The van der Waals surface area contributed by atoms with Crippen molar-refractivity contribution >= 4 is 40.5 Å². The van der Waals surface area contributed by atoms with Crippen molar-refractivity contribution in [3.8, 4) is 0 Å². The highest BCUT2D eigenvalue weighted by Gasteiger charge is 1.99. The number of nitrogen functional groups attached to an aromatic ring is 1. The molecule has 0 radical (unpaired) electrons. The minimum Gasteiger partial charge on any atom is -0.368 e. The topological polar surface area (TPSA) is 68.9 Å². The first-order chi connectivity index (χ1) is 7.59. The van der Waals surface area contributed by atoms with Crippen molar-refractivity contribution in [3.05, 3.63) is 23.0 Å². The maximum absolute atomic E-state index is 10.7. The molecule has 1 heterocycles. The van der Waals surface area contributed by atoms with Gasteiger partial charge in [0.15, 0.2) is 5.12 Å². The van der Waals surface area contributed by atoms with Crippen molar-refractivity contribution in [3.63, 3.8) is 0 Å². The quantitative estimate of drug-likeness (QED) is 0.663. The van der Waals surface area contributed by atoms with Gasteiger partial charge in [-0.3, -0.25) is 4.79 Å². The molecule has 0 fully saturated rings. The maximum atomic E-state index is 10.7. The van der Waals surface area contributed by atoms with E-state index < -0.39 is 0 Å². The summed E-state index contributed by atoms with van der Waals surface area (Å²) in [6.07, 6.45) is 6.11. The summed E-state index contributed by atoms with van der Waals surface area (Å²) >= 11 is 7.15. The molecule has 0 atom stereocenters. The minimum atomic E-state index is 0.127. The predicted molar refractivity (Wildman–Crippen MR) is 68.2 cm³/mol. The van der Waals surface area contributed by atoms with E-state index in [1.165, 1.54) is 11.8 Å². The Hall–Kier alpha value is -1.07. The highest BCUT2D eigenvalue weighted by Crippen LogP contribution is 2.15. The van der Waals surface area contributed by atoms with E-state index >= 15 is 0 Å². The van der Waals surface area contributed by atoms with Crippen molar-refractivity contribution in [1.82, 2.24) is 9.97 Å². The van der Waals surface area contributed by atoms with E-state index in [9.17, 15) is 4.79 Å². The summed E-state index contributed by atoms with van der Waals surface area (Å²) in [6, 6.07) is 0. The predicted octanol–water partition coefficient (Wildman–Crippen LogP) is 2.40. The van der Waals surface area contributed by atoms with Gasteiger partial charge >= 0.3 is 0 Å². The third-order valence-corrected chi connectivity index (χ3v) is 2.82. The number of carbonyl (C=O) groups excluding carboxylic acids is 1. The summed E-state index contributed by atoms with van der Waals surface area (Å²) in [6.45, 7) is 1.55. The normalized spacial score (nSPS) is 10.9. The molecular weight excluding hydrogens is 246 g/mol. The Morgan fingerprint density at radius 3 is 3.06 bits per heavy atom. The van der Waals surface area contributed by atoms with E-state index in [2.05, 4.69) is 9.97 Å². The van der Waals surface area contributed by atoms with Gasteiger partial charge in [-0.2, -0.15) is 0 Å². The molecule has 0 aliphatic rings. The molecule has 0 saturated carbocycles. The Labute approximate surface area is 103 Å². The summed E-state index contributed by atoms with van der Waals surface area (Å²) in [5, 5.41) is 0.463. The summed E-state index contributed by atoms with van der Waals surface area (Å²) in [7, 11) is 0. The van der Waals surface area contributed by atoms with Crippen LogP contribution in [-0.4, -0.2) is 20.8 Å². The van der Waals surface area contributed by atoms with Crippen LogP contribution >= 0.6 is 23.4 Å². The molecule has 1 aromatic heterocycles. The molecule has 86 valence electrons. The third-order valence-electron chi connectivity index (χ3n) is 1.67. The second kappa shape index (κ2) is 6.50. The zero-order valence-corrected chi connectivity index (χ0v) is 10.4. The number of hydrogen-bond acceptors (Lipinski definition) is 5. The van der Waals surface area contributed by atoms with Crippen molar-refractivity contribution in [2.75, 3.05) is 11.5 Å². The van der Waals surface area contributed by atoms with Crippen molar-refractivity contribution < 1.29 is 4.79 Å². The number of hydrogen-bond donors (Lipinski definition) is 1. The van der Waals surface area contributed by atoms with Crippen LogP contribution in [0.25, 0.3) is 6.08 Å². The second-order valence-electron chi connectivity index (χ2n) is 3.01. The zero-order chi connectivity index (χ0) is 12.0. The molecule has 6 heteroatoms. The number of nitrogens with zero attached hydrogens (tertiary/aromatic N) is 2. The fourth-order valence-electron chi connectivity index (χ4n) is 0.976. The lowest BCUT2D eigenvalue weighted by Crippen LogP contribution is -1.95. The fraction of sp³-hybridized carbons (Fsp3) is 0.300. The van der Waals surface area contributed by atoms with Crippen molar-refractivity contribution in [2.24, 2.45) is 0 Å². The smallest absolute Gasteiger partial charge is 0.221 e. The van der Waals surface area contributed by atoms with Crippen LogP contribution in [0.3, 0.4) is 0 Å². The van der Waals surface area contributed by atoms with Crippen LogP contribution < -0.4 is 5.73 Å². The van der Waals surface area contributed by atoms with Gasteiger partial charge in [-0.05, 0) is 6.42 Å². The molecule has 0 aliphatic heterocycles. The Kier molecular flexibility index (Phi) is 5.28. The molecule has 0 spiro atoms. The number of allylic oxidation sites excluding steroid dienone is 1. The molecule has 0 bridgehead atoms. The molecule has 0 amide bonds. The molecule has 0 unspecified atom stereocenters. The number of aromatic nitrogens is 2. The van der Waals surface area contributed by atoms with Crippen LogP contribution in [0.5, 0.6) is 0 Å². The van der Waals surface area contributed by atoms with Crippen molar-refractivity contribution in [2.45, 2.75) is 13.3 Å². The molecule has 4 nitrogen and oxygen atoms in total. The second-order valence-corrected chi connectivity index (χ2v) is 4.64. The molecular formula is C10H12ClN3OS. The Morgan fingerprint density at radius 2 is 2.44 bits per heavy atom. The van der Waals surface area contributed by atoms with E-state index in [0.717, 1.165) is 17.7 Å². The molecule has 0 aliphatic carbocycles. The van der Waals surface area contributed by atoms with Crippen LogP contribution in [0, 0.1) is 0 Å². The summed E-state index contributed by atoms with van der Waals surface area (Å²) in [4.78, 5) is 18.3. The highest BCUT2D eigenvalue weighted by atomic mass is 35.5. The van der Waals surface area contributed by atoms with Gasteiger partial charge in [0.2, 0.25) is 5.95 Å². The van der Waals surface area contributed by atoms with Crippen LogP contribution in [-0.2, 0) is 4.79 Å². The van der Waals surface area contributed by atoms with Gasteiger partial charge in [0, 0.05) is 24.4 Å². The lowest BCUT2D eigenvalue weighted by atomic mass is 10.3. The number of carbonyl (C=O) groups is 1. The van der Waals surface area contributed by atoms with Crippen LogP contribution in [0.2, 0.25) is 5.15 Å². The molecule has 0 aromatic carbocycles. The number of halogens is 1. The Morgan fingerprint density at radius 1 is 1.69 bits per heavy atom. The maximum Gasteiger partial charge on any atom is 0.221 e. The van der Waals surface area contributed by atoms with Gasteiger partial charge in [0.1, 0.15) is 5.15 Å². The van der Waals surface area contributed by atoms with Gasteiger partial charge in [0.05, 0.1) is 0 Å². The average molecular weight is 258 g/mol. The molecule has 0 saturated heterocycles. The first-order valence-electron chi connectivity index (χ1n) is 4.67. The number of rotatable bonds is 4. The van der Waals surface area contributed by atoms with Gasteiger partial charge < -0.3 is 5.73 Å². The molecule has 1 rings (SSSR count). The Bertz CT molecular complexity index is 409. The van der Waals surface area contributed by atoms with Gasteiger partial charge in [-0.15, -0.1) is 0 Å². The van der Waals surface area contributed by atoms with Crippen molar-refractivity contribution in [1.29, 1.82) is 0 Å². The van der Waals surface area contributed by atoms with E-state index in [1.807, 2.05) is 12.2 Å². The standard InChI is InChI=1S/C10H12ClN3OS/c1-7(15)16-5-3-2-4-8-6-13-10(12)14-9(8)11/h2,4,6H,3,5H2,1H3,(H2,12,13,14).